The van der Waals surface area contributed by atoms with Crippen molar-refractivity contribution >= 4 is 5.96 Å². The number of aliphatic imine (C=N–C) groups is 1. The first-order valence-corrected chi connectivity index (χ1v) is 10.00. The van der Waals surface area contributed by atoms with E-state index in [-0.39, 0.29) is 0 Å². The van der Waals surface area contributed by atoms with Crippen LogP contribution in [0.15, 0.2) is 47.6 Å². The molecule has 1 aliphatic carbocycles. The Bertz CT molecular complexity index is 775. The number of hydrogen-bond donors (Lipinski definition) is 2. The number of aromatic nitrogens is 1. The molecule has 1 heterocycles. The molecule has 0 aliphatic heterocycles. The molecule has 1 aromatic heterocycles. The van der Waals surface area contributed by atoms with E-state index in [0.717, 1.165) is 49.3 Å². The summed E-state index contributed by atoms with van der Waals surface area (Å²) >= 11 is 0. The van der Waals surface area contributed by atoms with E-state index in [1.165, 1.54) is 18.4 Å². The fourth-order valence-corrected chi connectivity index (χ4v) is 2.85. The second kappa shape index (κ2) is 10.5. The van der Waals surface area contributed by atoms with Crippen molar-refractivity contribution in [2.24, 2.45) is 10.9 Å². The third kappa shape index (κ3) is 6.44. The normalized spacial score (nSPS) is 13.9. The summed E-state index contributed by atoms with van der Waals surface area (Å²) < 4.78 is 11.2. The Morgan fingerprint density at radius 1 is 1.21 bits per heavy atom. The van der Waals surface area contributed by atoms with Crippen molar-refractivity contribution in [3.63, 3.8) is 0 Å². The summed E-state index contributed by atoms with van der Waals surface area (Å²) in [6.07, 6.45) is 5.20. The lowest BCUT2D eigenvalue weighted by atomic mass is 10.1. The molecule has 3 rings (SSSR count). The van der Waals surface area contributed by atoms with Gasteiger partial charge in [-0.05, 0) is 55.4 Å². The molecule has 0 unspecified atom stereocenters. The minimum absolute atomic E-state index is 0.576. The zero-order valence-electron chi connectivity index (χ0n) is 16.8. The number of ether oxygens (including phenoxy) is 2. The van der Waals surface area contributed by atoms with Crippen LogP contribution in [-0.4, -0.2) is 37.7 Å². The Hall–Kier alpha value is -2.76. The molecule has 6 nitrogen and oxygen atoms in total. The highest BCUT2D eigenvalue weighted by molar-refractivity contribution is 5.79. The monoisotopic (exact) mass is 382 g/mol. The van der Waals surface area contributed by atoms with Crippen molar-refractivity contribution in [1.29, 1.82) is 0 Å². The van der Waals surface area contributed by atoms with Crippen molar-refractivity contribution in [2.75, 3.05) is 26.8 Å². The smallest absolute Gasteiger partial charge is 0.213 e. The first kappa shape index (κ1) is 20.0. The summed E-state index contributed by atoms with van der Waals surface area (Å²) in [5.41, 5.74) is 2.27. The quantitative estimate of drug-likeness (QED) is 0.488. The summed E-state index contributed by atoms with van der Waals surface area (Å²) in [6, 6.07) is 12.0. The Morgan fingerprint density at radius 2 is 2.07 bits per heavy atom. The fraction of sp³-hybridized carbons (Fsp3) is 0.455. The van der Waals surface area contributed by atoms with Crippen LogP contribution in [0.5, 0.6) is 11.6 Å². The van der Waals surface area contributed by atoms with Gasteiger partial charge < -0.3 is 20.1 Å². The van der Waals surface area contributed by atoms with Gasteiger partial charge in [0.25, 0.3) is 0 Å². The Balaban J connectivity index is 1.52. The van der Waals surface area contributed by atoms with E-state index in [1.807, 2.05) is 30.3 Å². The van der Waals surface area contributed by atoms with E-state index in [1.54, 1.807) is 13.3 Å². The maximum atomic E-state index is 5.76. The van der Waals surface area contributed by atoms with Crippen LogP contribution < -0.4 is 20.1 Å². The predicted octanol–water partition coefficient (Wildman–Crippen LogP) is 3.18. The number of guanidine groups is 1. The number of para-hydroxylation sites is 1. The molecule has 1 aliphatic rings. The maximum absolute atomic E-state index is 5.76. The van der Waals surface area contributed by atoms with Crippen LogP contribution in [0.25, 0.3) is 0 Å². The van der Waals surface area contributed by atoms with E-state index < -0.39 is 0 Å². The molecule has 0 atom stereocenters. The van der Waals surface area contributed by atoms with Crippen LogP contribution in [-0.2, 0) is 13.0 Å². The minimum atomic E-state index is 0.576. The molecular weight excluding hydrogens is 352 g/mol. The third-order valence-electron chi connectivity index (χ3n) is 4.61. The molecular formula is C22H30N4O2. The number of nitrogens with one attached hydrogen (secondary N) is 2. The van der Waals surface area contributed by atoms with Gasteiger partial charge in [-0.2, -0.15) is 0 Å². The number of pyridine rings is 1. The highest BCUT2D eigenvalue weighted by Gasteiger charge is 2.22. The molecule has 0 saturated heterocycles. The molecule has 2 N–H and O–H groups in total. The summed E-state index contributed by atoms with van der Waals surface area (Å²) in [7, 11) is 1.70. The second-order valence-electron chi connectivity index (χ2n) is 6.94. The summed E-state index contributed by atoms with van der Waals surface area (Å²) in [4.78, 5) is 8.97. The van der Waals surface area contributed by atoms with E-state index >= 15 is 0 Å². The van der Waals surface area contributed by atoms with Gasteiger partial charge in [0, 0.05) is 25.4 Å². The van der Waals surface area contributed by atoms with Crippen LogP contribution in [0.2, 0.25) is 0 Å². The minimum Gasteiger partial charge on any atom is -0.496 e. The zero-order valence-corrected chi connectivity index (χ0v) is 16.8. The molecule has 28 heavy (non-hydrogen) atoms. The highest BCUT2D eigenvalue weighted by Crippen LogP contribution is 2.29. The number of hydrogen-bond acceptors (Lipinski definition) is 4. The van der Waals surface area contributed by atoms with Crippen molar-refractivity contribution in [3.05, 3.63) is 53.7 Å². The first-order chi connectivity index (χ1) is 13.8. The van der Waals surface area contributed by atoms with Crippen molar-refractivity contribution in [3.8, 4) is 11.6 Å². The van der Waals surface area contributed by atoms with Gasteiger partial charge in [0.05, 0.1) is 20.3 Å². The van der Waals surface area contributed by atoms with Crippen molar-refractivity contribution in [1.82, 2.24) is 15.6 Å². The molecule has 150 valence electrons. The largest absolute Gasteiger partial charge is 0.496 e. The molecule has 0 amide bonds. The number of benzene rings is 1. The number of methoxy groups -OCH3 is 1. The lowest BCUT2D eigenvalue weighted by Crippen LogP contribution is -2.38. The first-order valence-electron chi connectivity index (χ1n) is 10.00. The second-order valence-corrected chi connectivity index (χ2v) is 6.94. The van der Waals surface area contributed by atoms with Gasteiger partial charge in [0.1, 0.15) is 5.75 Å². The van der Waals surface area contributed by atoms with Gasteiger partial charge in [0.2, 0.25) is 5.88 Å². The lowest BCUT2D eigenvalue weighted by molar-refractivity contribution is 0.288. The van der Waals surface area contributed by atoms with Gasteiger partial charge >= 0.3 is 0 Å². The molecule has 6 heteroatoms. The van der Waals surface area contributed by atoms with Gasteiger partial charge in [-0.15, -0.1) is 0 Å². The Labute approximate surface area is 167 Å². The summed E-state index contributed by atoms with van der Waals surface area (Å²) in [6.45, 7) is 5.00. The highest BCUT2D eigenvalue weighted by atomic mass is 16.5. The molecule has 0 bridgehead atoms. The maximum Gasteiger partial charge on any atom is 0.213 e. The third-order valence-corrected chi connectivity index (χ3v) is 4.61. The topological polar surface area (TPSA) is 67.8 Å². The van der Waals surface area contributed by atoms with Gasteiger partial charge in [-0.25, -0.2) is 9.98 Å². The van der Waals surface area contributed by atoms with Crippen LogP contribution in [0.4, 0.5) is 0 Å². The SMILES string of the molecule is CCNC(=NCc1ccnc(OCC2CC2)c1)NCCc1ccccc1OC. The van der Waals surface area contributed by atoms with Gasteiger partial charge in [-0.3, -0.25) is 0 Å². The number of rotatable bonds is 10. The molecule has 2 aromatic rings. The van der Waals surface area contributed by atoms with E-state index in [9.17, 15) is 0 Å². The summed E-state index contributed by atoms with van der Waals surface area (Å²) in [5, 5.41) is 6.68. The van der Waals surface area contributed by atoms with Crippen molar-refractivity contribution in [2.45, 2.75) is 32.7 Å². The lowest BCUT2D eigenvalue weighted by Gasteiger charge is -2.13. The standard InChI is InChI=1S/C22H30N4O2/c1-3-23-22(25-13-11-19-6-4-5-7-20(19)27-2)26-15-18-10-12-24-21(14-18)28-16-17-8-9-17/h4-7,10,12,14,17H,3,8-9,11,13,15-16H2,1-2H3,(H2,23,25,26). The predicted molar refractivity (Wildman–Crippen MR) is 112 cm³/mol. The molecule has 1 saturated carbocycles. The van der Waals surface area contributed by atoms with Gasteiger partial charge in [0.15, 0.2) is 5.96 Å². The van der Waals surface area contributed by atoms with E-state index in [0.29, 0.717) is 12.4 Å². The number of nitrogens with zero attached hydrogens (tertiary/aromatic N) is 2. The molecule has 0 spiro atoms. The van der Waals surface area contributed by atoms with Crippen LogP contribution >= 0.6 is 0 Å². The van der Waals surface area contributed by atoms with Crippen molar-refractivity contribution < 1.29 is 9.47 Å². The van der Waals surface area contributed by atoms with E-state index in [2.05, 4.69) is 33.6 Å². The molecule has 1 fully saturated rings. The average molecular weight is 383 g/mol. The molecule has 0 radical (unpaired) electrons. The average Bonchev–Trinajstić information content (AvgIpc) is 3.56. The van der Waals surface area contributed by atoms with Crippen LogP contribution in [0, 0.1) is 5.92 Å². The zero-order chi connectivity index (χ0) is 19.6. The Kier molecular flexibility index (Phi) is 7.53. The van der Waals surface area contributed by atoms with E-state index in [4.69, 9.17) is 9.47 Å². The molecule has 1 aromatic carbocycles. The van der Waals surface area contributed by atoms with Crippen LogP contribution in [0.1, 0.15) is 30.9 Å². The Morgan fingerprint density at radius 3 is 2.86 bits per heavy atom. The van der Waals surface area contributed by atoms with Crippen LogP contribution in [0.3, 0.4) is 0 Å². The van der Waals surface area contributed by atoms with Gasteiger partial charge in [-0.1, -0.05) is 18.2 Å². The fourth-order valence-electron chi connectivity index (χ4n) is 2.85. The summed E-state index contributed by atoms with van der Waals surface area (Å²) in [5.74, 6) is 3.13.